The first kappa shape index (κ1) is 12.4. The lowest BCUT2D eigenvalue weighted by Crippen LogP contribution is -2.26. The van der Waals surface area contributed by atoms with E-state index in [-0.39, 0.29) is 5.25 Å². The van der Waals surface area contributed by atoms with E-state index >= 15 is 0 Å². The molecule has 1 aromatic rings. The Bertz CT molecular complexity index is 434. The third-order valence-electron chi connectivity index (χ3n) is 2.79. The Morgan fingerprint density at radius 3 is 2.88 bits per heavy atom. The van der Waals surface area contributed by atoms with Crippen LogP contribution in [-0.4, -0.2) is 18.3 Å². The number of methoxy groups -OCH3 is 1. The molecule has 2 nitrogen and oxygen atoms in total. The van der Waals surface area contributed by atoms with Crippen LogP contribution in [-0.2, 0) is 16.0 Å². The fraction of sp³-hybridized carbons (Fsp3) is 0.417. The molecule has 1 aliphatic rings. The molecule has 0 saturated heterocycles. The Morgan fingerprint density at radius 1 is 1.47 bits per heavy atom. The highest BCUT2D eigenvalue weighted by Crippen LogP contribution is 2.48. The zero-order valence-corrected chi connectivity index (χ0v) is 10.1. The quantitative estimate of drug-likeness (QED) is 0.779. The van der Waals surface area contributed by atoms with Gasteiger partial charge in [0.15, 0.2) is 0 Å². The van der Waals surface area contributed by atoms with Crippen molar-refractivity contribution in [1.82, 2.24) is 0 Å². The first-order valence-corrected chi connectivity index (χ1v) is 6.14. The summed E-state index contributed by atoms with van der Waals surface area (Å²) in [6.07, 6.45) is 1.42. The van der Waals surface area contributed by atoms with Gasteiger partial charge in [-0.05, 0) is 24.0 Å². The largest absolute Gasteiger partial charge is 0.464 e. The molecule has 2 rings (SSSR count). The van der Waals surface area contributed by atoms with Gasteiger partial charge in [0, 0.05) is 5.25 Å². The average molecular weight is 258 g/mol. The van der Waals surface area contributed by atoms with E-state index in [1.54, 1.807) is 0 Å². The van der Waals surface area contributed by atoms with Crippen molar-refractivity contribution in [2.45, 2.75) is 23.3 Å². The van der Waals surface area contributed by atoms with E-state index in [1.807, 2.05) is 24.3 Å². The van der Waals surface area contributed by atoms with E-state index in [0.29, 0.717) is 18.2 Å². The molecule has 0 N–H and O–H groups in total. The molecule has 0 radical (unpaired) electrons. The molecule has 0 spiro atoms. The van der Waals surface area contributed by atoms with Crippen LogP contribution in [0.1, 0.15) is 22.8 Å². The maximum Gasteiger partial charge on any atom is 0.389 e. The van der Waals surface area contributed by atoms with E-state index in [0.717, 1.165) is 24.7 Å². The molecule has 5 heteroatoms. The lowest BCUT2D eigenvalue weighted by atomic mass is 10.1. The van der Waals surface area contributed by atoms with Gasteiger partial charge < -0.3 is 4.74 Å². The number of esters is 1. The van der Waals surface area contributed by atoms with Gasteiger partial charge in [-0.15, -0.1) is 0 Å². The van der Waals surface area contributed by atoms with Crippen LogP contribution in [0.4, 0.5) is 8.78 Å². The summed E-state index contributed by atoms with van der Waals surface area (Å²) >= 11 is 0.377. The van der Waals surface area contributed by atoms with Crippen molar-refractivity contribution >= 4 is 17.7 Å². The molecule has 1 aromatic carbocycles. The molecule has 1 atom stereocenters. The van der Waals surface area contributed by atoms with Gasteiger partial charge in [-0.25, -0.2) is 4.79 Å². The van der Waals surface area contributed by atoms with Crippen molar-refractivity contribution in [2.75, 3.05) is 7.11 Å². The van der Waals surface area contributed by atoms with Crippen LogP contribution in [0.3, 0.4) is 0 Å². The second kappa shape index (κ2) is 4.64. The minimum atomic E-state index is -3.48. The molecule has 0 saturated carbocycles. The third kappa shape index (κ3) is 2.44. The Kier molecular flexibility index (Phi) is 3.38. The summed E-state index contributed by atoms with van der Waals surface area (Å²) in [5.74, 6) is -1.48. The summed E-state index contributed by atoms with van der Waals surface area (Å²) in [7, 11) is 0.972. The van der Waals surface area contributed by atoms with Gasteiger partial charge in [-0.1, -0.05) is 36.0 Å². The summed E-state index contributed by atoms with van der Waals surface area (Å²) in [6.45, 7) is 0. The van der Waals surface area contributed by atoms with Crippen LogP contribution in [0.15, 0.2) is 24.3 Å². The Balaban J connectivity index is 2.14. The van der Waals surface area contributed by atoms with E-state index < -0.39 is 11.2 Å². The van der Waals surface area contributed by atoms with E-state index in [1.165, 1.54) is 0 Å². The molecular formula is C12H12F2O2S. The number of aryl methyl sites for hydroxylation is 1. The molecule has 0 aromatic heterocycles. The minimum Gasteiger partial charge on any atom is -0.464 e. The van der Waals surface area contributed by atoms with Gasteiger partial charge in [-0.3, -0.25) is 0 Å². The van der Waals surface area contributed by atoms with Crippen molar-refractivity contribution in [1.29, 1.82) is 0 Å². The van der Waals surface area contributed by atoms with Crippen LogP contribution in [0, 0.1) is 0 Å². The molecule has 92 valence electrons. The third-order valence-corrected chi connectivity index (χ3v) is 4.03. The molecule has 0 aliphatic heterocycles. The first-order chi connectivity index (χ1) is 8.04. The monoisotopic (exact) mass is 258 g/mol. The van der Waals surface area contributed by atoms with Gasteiger partial charge in [-0.2, -0.15) is 8.78 Å². The predicted molar refractivity (Wildman–Crippen MR) is 62.1 cm³/mol. The van der Waals surface area contributed by atoms with Gasteiger partial charge >= 0.3 is 11.2 Å². The van der Waals surface area contributed by atoms with E-state index in [2.05, 4.69) is 4.74 Å². The van der Waals surface area contributed by atoms with Gasteiger partial charge in [0.2, 0.25) is 0 Å². The molecular weight excluding hydrogens is 246 g/mol. The van der Waals surface area contributed by atoms with Crippen molar-refractivity contribution in [3.05, 3.63) is 35.4 Å². The van der Waals surface area contributed by atoms with Crippen molar-refractivity contribution < 1.29 is 18.3 Å². The summed E-state index contributed by atoms with van der Waals surface area (Å²) in [5.41, 5.74) is 1.99. The van der Waals surface area contributed by atoms with Crippen LogP contribution in [0.5, 0.6) is 0 Å². The molecule has 0 bridgehead atoms. The van der Waals surface area contributed by atoms with Crippen molar-refractivity contribution in [3.63, 3.8) is 0 Å². The fourth-order valence-corrected chi connectivity index (χ4v) is 3.12. The number of thioether (sulfide) groups is 1. The van der Waals surface area contributed by atoms with Gasteiger partial charge in [0.1, 0.15) is 0 Å². The molecule has 1 aliphatic carbocycles. The highest BCUT2D eigenvalue weighted by molar-refractivity contribution is 8.01. The molecule has 1 unspecified atom stereocenters. The number of carbonyl (C=O) groups excluding carboxylic acids is 1. The van der Waals surface area contributed by atoms with Crippen LogP contribution in [0.2, 0.25) is 0 Å². The van der Waals surface area contributed by atoms with Crippen LogP contribution >= 0.6 is 11.8 Å². The number of ether oxygens (including phenoxy) is 1. The molecule has 17 heavy (non-hydrogen) atoms. The molecule has 0 amide bonds. The Hall–Kier alpha value is -1.10. The zero-order valence-electron chi connectivity index (χ0n) is 9.28. The lowest BCUT2D eigenvalue weighted by molar-refractivity contribution is -0.156. The van der Waals surface area contributed by atoms with Crippen molar-refractivity contribution in [2.24, 2.45) is 0 Å². The smallest absolute Gasteiger partial charge is 0.389 e. The number of fused-ring (bicyclic) bond motifs is 1. The highest BCUT2D eigenvalue weighted by atomic mass is 32.2. The maximum absolute atomic E-state index is 13.5. The van der Waals surface area contributed by atoms with Crippen molar-refractivity contribution in [3.8, 4) is 0 Å². The lowest BCUT2D eigenvalue weighted by Gasteiger charge is -2.18. The maximum atomic E-state index is 13.5. The number of rotatable bonds is 3. The minimum absolute atomic E-state index is 0.333. The summed E-state index contributed by atoms with van der Waals surface area (Å²) in [6, 6.07) is 7.50. The highest BCUT2D eigenvalue weighted by Gasteiger charge is 2.44. The summed E-state index contributed by atoms with van der Waals surface area (Å²) in [4.78, 5) is 10.9. The van der Waals surface area contributed by atoms with Gasteiger partial charge in [0.25, 0.3) is 0 Å². The first-order valence-electron chi connectivity index (χ1n) is 5.26. The van der Waals surface area contributed by atoms with E-state index in [4.69, 9.17) is 0 Å². The van der Waals surface area contributed by atoms with Gasteiger partial charge in [0.05, 0.1) is 7.11 Å². The summed E-state index contributed by atoms with van der Waals surface area (Å²) < 4.78 is 31.0. The predicted octanol–water partition coefficient (Wildman–Crippen LogP) is 3.17. The Morgan fingerprint density at radius 2 is 2.18 bits per heavy atom. The normalized spacial score (nSPS) is 18.9. The molecule has 0 heterocycles. The fourth-order valence-electron chi connectivity index (χ4n) is 1.99. The molecule has 0 fully saturated rings. The summed E-state index contributed by atoms with van der Waals surface area (Å²) in [5, 5.41) is -3.81. The second-order valence-corrected chi connectivity index (χ2v) is 5.17. The topological polar surface area (TPSA) is 26.3 Å². The van der Waals surface area contributed by atoms with E-state index in [9.17, 15) is 13.6 Å². The zero-order chi connectivity index (χ0) is 12.5. The SMILES string of the molecule is COC(=O)C(F)(F)SC1CCc2ccccc21. The number of hydrogen-bond acceptors (Lipinski definition) is 3. The number of benzene rings is 1. The van der Waals surface area contributed by atoms with Crippen LogP contribution in [0.25, 0.3) is 0 Å². The van der Waals surface area contributed by atoms with Crippen LogP contribution < -0.4 is 0 Å². The number of halogens is 2. The average Bonchev–Trinajstić information content (AvgIpc) is 2.71. The number of carbonyl (C=O) groups is 1. The standard InChI is InChI=1S/C12H12F2O2S/c1-16-11(15)12(13,14)17-10-7-6-8-4-2-3-5-9(8)10/h2-5,10H,6-7H2,1H3. The Labute approximate surface area is 102 Å². The second-order valence-electron chi connectivity index (χ2n) is 3.85. The number of alkyl halides is 2. The number of hydrogen-bond donors (Lipinski definition) is 0.